The topological polar surface area (TPSA) is 38.1 Å². The third-order valence-electron chi connectivity index (χ3n) is 3.21. The first-order chi connectivity index (χ1) is 8.24. The maximum absolute atomic E-state index is 10.4. The van der Waals surface area contributed by atoms with Crippen LogP contribution in [-0.4, -0.2) is 14.9 Å². The highest BCUT2D eigenvalue weighted by Gasteiger charge is 2.23. The van der Waals surface area contributed by atoms with E-state index in [1.165, 1.54) is 5.56 Å². The fraction of sp³-hybridized carbons (Fsp3) is 0.357. The molecule has 3 nitrogen and oxygen atoms in total. The zero-order valence-corrected chi connectivity index (χ0v) is 10.2. The molecule has 0 spiro atoms. The maximum atomic E-state index is 10.4. The highest BCUT2D eigenvalue weighted by atomic mass is 16.3. The summed E-state index contributed by atoms with van der Waals surface area (Å²) in [5, 5.41) is 14.5. The minimum absolute atomic E-state index is 0.117. The summed E-state index contributed by atoms with van der Waals surface area (Å²) in [6, 6.07) is 12.0. The molecule has 0 fully saturated rings. The second-order valence-electron chi connectivity index (χ2n) is 4.25. The minimum atomic E-state index is -0.505. The van der Waals surface area contributed by atoms with Crippen LogP contribution in [-0.2, 0) is 7.05 Å². The highest BCUT2D eigenvalue weighted by Crippen LogP contribution is 2.32. The summed E-state index contributed by atoms with van der Waals surface area (Å²) in [4.78, 5) is 0. The summed E-state index contributed by atoms with van der Waals surface area (Å²) in [6.07, 6.45) is 2.11. The van der Waals surface area contributed by atoms with Crippen LogP contribution in [0.1, 0.15) is 36.6 Å². The van der Waals surface area contributed by atoms with Crippen LogP contribution in [0.25, 0.3) is 0 Å². The highest BCUT2D eigenvalue weighted by molar-refractivity contribution is 5.23. The van der Waals surface area contributed by atoms with Gasteiger partial charge in [0, 0.05) is 19.2 Å². The molecule has 0 amide bonds. The Labute approximate surface area is 102 Å². The van der Waals surface area contributed by atoms with Gasteiger partial charge in [0.25, 0.3) is 0 Å². The van der Waals surface area contributed by atoms with Crippen molar-refractivity contribution in [2.45, 2.75) is 25.4 Å². The van der Waals surface area contributed by atoms with Crippen molar-refractivity contribution < 1.29 is 5.11 Å². The van der Waals surface area contributed by atoms with Crippen molar-refractivity contribution in [2.24, 2.45) is 7.05 Å². The van der Waals surface area contributed by atoms with Crippen molar-refractivity contribution >= 4 is 0 Å². The molecule has 2 atom stereocenters. The summed E-state index contributed by atoms with van der Waals surface area (Å²) in [6.45, 7) is 2.09. The molecule has 0 aliphatic rings. The number of hydrogen-bond acceptors (Lipinski definition) is 2. The quantitative estimate of drug-likeness (QED) is 0.876. The first-order valence-electron chi connectivity index (χ1n) is 5.95. The Bertz CT molecular complexity index is 464. The lowest BCUT2D eigenvalue weighted by atomic mass is 9.89. The van der Waals surface area contributed by atoms with Crippen molar-refractivity contribution in [2.75, 3.05) is 0 Å². The van der Waals surface area contributed by atoms with E-state index in [4.69, 9.17) is 0 Å². The first kappa shape index (κ1) is 11.9. The van der Waals surface area contributed by atoms with E-state index in [0.29, 0.717) is 0 Å². The number of aromatic nitrogens is 2. The summed E-state index contributed by atoms with van der Waals surface area (Å²) in [5.41, 5.74) is 2.03. The predicted molar refractivity (Wildman–Crippen MR) is 67.6 cm³/mol. The molecule has 17 heavy (non-hydrogen) atoms. The van der Waals surface area contributed by atoms with Gasteiger partial charge in [-0.25, -0.2) is 0 Å². The van der Waals surface area contributed by atoms with Crippen LogP contribution in [0.2, 0.25) is 0 Å². The Kier molecular flexibility index (Phi) is 3.59. The standard InChI is InChI=1S/C14H18N2O/c1-3-12(11-7-5-4-6-8-11)14(17)13-9-10-15-16(13)2/h4-10,12,14,17H,3H2,1-2H3. The van der Waals surface area contributed by atoms with E-state index in [-0.39, 0.29) is 5.92 Å². The number of aryl methyl sites for hydroxylation is 1. The number of benzene rings is 1. The van der Waals surface area contributed by atoms with Gasteiger partial charge in [-0.1, -0.05) is 37.3 Å². The predicted octanol–water partition coefficient (Wildman–Crippen LogP) is 2.65. The number of aliphatic hydroxyl groups excluding tert-OH is 1. The monoisotopic (exact) mass is 230 g/mol. The summed E-state index contributed by atoms with van der Waals surface area (Å²) >= 11 is 0. The lowest BCUT2D eigenvalue weighted by molar-refractivity contribution is 0.133. The molecule has 1 heterocycles. The maximum Gasteiger partial charge on any atom is 0.102 e. The van der Waals surface area contributed by atoms with Crippen molar-refractivity contribution in [3.8, 4) is 0 Å². The molecular formula is C14H18N2O. The molecule has 1 aromatic heterocycles. The van der Waals surface area contributed by atoms with Gasteiger partial charge in [-0.05, 0) is 18.1 Å². The number of rotatable bonds is 4. The molecular weight excluding hydrogens is 212 g/mol. The number of nitrogens with zero attached hydrogens (tertiary/aromatic N) is 2. The third kappa shape index (κ3) is 2.39. The molecule has 1 N–H and O–H groups in total. The minimum Gasteiger partial charge on any atom is -0.386 e. The Morgan fingerprint density at radius 1 is 1.24 bits per heavy atom. The largest absolute Gasteiger partial charge is 0.386 e. The van der Waals surface area contributed by atoms with Gasteiger partial charge in [-0.3, -0.25) is 4.68 Å². The van der Waals surface area contributed by atoms with Gasteiger partial charge in [0.2, 0.25) is 0 Å². The van der Waals surface area contributed by atoms with E-state index in [1.807, 2.05) is 31.3 Å². The van der Waals surface area contributed by atoms with Gasteiger partial charge in [0.1, 0.15) is 6.10 Å². The van der Waals surface area contributed by atoms with Crippen LogP contribution in [0.4, 0.5) is 0 Å². The van der Waals surface area contributed by atoms with Gasteiger partial charge >= 0.3 is 0 Å². The number of hydrogen-bond donors (Lipinski definition) is 1. The summed E-state index contributed by atoms with van der Waals surface area (Å²) < 4.78 is 1.73. The fourth-order valence-electron chi connectivity index (χ4n) is 2.22. The van der Waals surface area contributed by atoms with Crippen LogP contribution in [0.3, 0.4) is 0 Å². The Balaban J connectivity index is 2.28. The smallest absolute Gasteiger partial charge is 0.102 e. The molecule has 0 saturated carbocycles. The average molecular weight is 230 g/mol. The van der Waals surface area contributed by atoms with E-state index in [1.54, 1.807) is 10.9 Å². The van der Waals surface area contributed by atoms with Crippen LogP contribution in [0.15, 0.2) is 42.6 Å². The molecule has 2 rings (SSSR count). The van der Waals surface area contributed by atoms with Crippen molar-refractivity contribution in [1.82, 2.24) is 9.78 Å². The zero-order chi connectivity index (χ0) is 12.3. The van der Waals surface area contributed by atoms with E-state index >= 15 is 0 Å². The van der Waals surface area contributed by atoms with Crippen LogP contribution in [0.5, 0.6) is 0 Å². The second kappa shape index (κ2) is 5.15. The summed E-state index contributed by atoms with van der Waals surface area (Å²) in [5.74, 6) is 0.117. The lowest BCUT2D eigenvalue weighted by Crippen LogP contribution is -2.13. The molecule has 0 radical (unpaired) electrons. The first-order valence-corrected chi connectivity index (χ1v) is 5.95. The van der Waals surface area contributed by atoms with Crippen LogP contribution >= 0.6 is 0 Å². The van der Waals surface area contributed by atoms with E-state index in [0.717, 1.165) is 12.1 Å². The molecule has 0 saturated heterocycles. The van der Waals surface area contributed by atoms with Gasteiger partial charge in [-0.2, -0.15) is 5.10 Å². The van der Waals surface area contributed by atoms with Crippen LogP contribution in [0, 0.1) is 0 Å². The molecule has 3 heteroatoms. The van der Waals surface area contributed by atoms with Gasteiger partial charge in [0.05, 0.1) is 5.69 Å². The molecule has 2 aromatic rings. The van der Waals surface area contributed by atoms with Gasteiger partial charge < -0.3 is 5.11 Å². The second-order valence-corrected chi connectivity index (χ2v) is 4.25. The molecule has 0 aliphatic carbocycles. The van der Waals surface area contributed by atoms with E-state index in [9.17, 15) is 5.11 Å². The Morgan fingerprint density at radius 2 is 1.94 bits per heavy atom. The lowest BCUT2D eigenvalue weighted by Gasteiger charge is -2.22. The number of aliphatic hydroxyl groups is 1. The normalized spacial score (nSPS) is 14.5. The fourth-order valence-corrected chi connectivity index (χ4v) is 2.22. The van der Waals surface area contributed by atoms with Gasteiger partial charge in [0.15, 0.2) is 0 Å². The molecule has 1 aromatic carbocycles. The van der Waals surface area contributed by atoms with Gasteiger partial charge in [-0.15, -0.1) is 0 Å². The summed E-state index contributed by atoms with van der Waals surface area (Å²) in [7, 11) is 1.86. The average Bonchev–Trinajstić information content (AvgIpc) is 2.77. The van der Waals surface area contributed by atoms with Crippen molar-refractivity contribution in [3.63, 3.8) is 0 Å². The Morgan fingerprint density at radius 3 is 2.47 bits per heavy atom. The zero-order valence-electron chi connectivity index (χ0n) is 10.2. The SMILES string of the molecule is CCC(c1ccccc1)C(O)c1ccnn1C. The molecule has 90 valence electrons. The molecule has 2 unspecified atom stereocenters. The Hall–Kier alpha value is -1.61. The van der Waals surface area contributed by atoms with Crippen molar-refractivity contribution in [3.05, 3.63) is 53.9 Å². The molecule has 0 aliphatic heterocycles. The van der Waals surface area contributed by atoms with E-state index in [2.05, 4.69) is 24.2 Å². The van der Waals surface area contributed by atoms with E-state index < -0.39 is 6.10 Å². The molecule has 0 bridgehead atoms. The van der Waals surface area contributed by atoms with Crippen molar-refractivity contribution in [1.29, 1.82) is 0 Å². The third-order valence-corrected chi connectivity index (χ3v) is 3.21. The van der Waals surface area contributed by atoms with Crippen LogP contribution < -0.4 is 0 Å².